The lowest BCUT2D eigenvalue weighted by atomic mass is 9.75. The smallest absolute Gasteiger partial charge is 0.317 e. The summed E-state index contributed by atoms with van der Waals surface area (Å²) in [4.78, 5) is 39.6. The number of urea groups is 1. The molecule has 2 aromatic heterocycles. The lowest BCUT2D eigenvalue weighted by molar-refractivity contribution is 0.0916. The molecule has 1 atom stereocenters. The number of rotatable bonds is 9. The van der Waals surface area contributed by atoms with Crippen molar-refractivity contribution in [2.24, 2.45) is 5.92 Å². The molecule has 3 N–H and O–H groups in total. The first kappa shape index (κ1) is 35.5. The zero-order chi connectivity index (χ0) is 36.3. The van der Waals surface area contributed by atoms with Gasteiger partial charge in [-0.2, -0.15) is 5.10 Å². The summed E-state index contributed by atoms with van der Waals surface area (Å²) in [6.45, 7) is 13.9. The van der Waals surface area contributed by atoms with Crippen molar-refractivity contribution in [2.75, 3.05) is 35.7 Å². The second-order valence-electron chi connectivity index (χ2n) is 14.6. The standard InChI is InChI=1S/C41H48N8O2/c1-26-15-17-31(18-16-26)49-36(25-35(47-49)41(4,5)6)46-40(51)45-34-14-9-8-13-33(34)37(29-19-21-42-22-20-29)38(50)30-11-10-12-32(24-30)48(7)39-43-27(2)23-28(3)44-39/h8-18,23-25,29,37,42H,19-22H2,1-7H3,(H2,45,46,51). The summed E-state index contributed by atoms with van der Waals surface area (Å²) in [5.74, 6) is 0.767. The first-order valence-electron chi connectivity index (χ1n) is 17.6. The van der Waals surface area contributed by atoms with E-state index in [1.165, 1.54) is 0 Å². The van der Waals surface area contributed by atoms with E-state index in [0.717, 1.165) is 65.5 Å². The number of nitrogens with zero attached hydrogens (tertiary/aromatic N) is 5. The maximum Gasteiger partial charge on any atom is 0.324 e. The molecule has 6 rings (SSSR count). The highest BCUT2D eigenvalue weighted by atomic mass is 16.2. The van der Waals surface area contributed by atoms with Crippen LogP contribution < -0.4 is 20.9 Å². The van der Waals surface area contributed by atoms with Crippen LogP contribution in [0.25, 0.3) is 5.69 Å². The molecule has 1 aliphatic rings. The van der Waals surface area contributed by atoms with Crippen molar-refractivity contribution in [3.05, 3.63) is 119 Å². The highest BCUT2D eigenvalue weighted by molar-refractivity contribution is 6.05. The van der Waals surface area contributed by atoms with Crippen LogP contribution >= 0.6 is 0 Å². The Morgan fingerprint density at radius 3 is 2.24 bits per heavy atom. The molecule has 0 radical (unpaired) electrons. The molecule has 1 aliphatic heterocycles. The van der Waals surface area contributed by atoms with Crippen LogP contribution in [0.15, 0.2) is 84.9 Å². The highest BCUT2D eigenvalue weighted by Crippen LogP contribution is 2.38. The van der Waals surface area contributed by atoms with Gasteiger partial charge in [-0.25, -0.2) is 19.4 Å². The lowest BCUT2D eigenvalue weighted by Crippen LogP contribution is -2.34. The van der Waals surface area contributed by atoms with Gasteiger partial charge in [0.2, 0.25) is 5.95 Å². The molecule has 0 aliphatic carbocycles. The van der Waals surface area contributed by atoms with E-state index in [-0.39, 0.29) is 17.1 Å². The predicted octanol–water partition coefficient (Wildman–Crippen LogP) is 8.26. The topological polar surface area (TPSA) is 117 Å². The van der Waals surface area contributed by atoms with Crippen LogP contribution in [0.3, 0.4) is 0 Å². The molecule has 0 saturated carbocycles. The number of amides is 2. The third-order valence-electron chi connectivity index (χ3n) is 9.47. The lowest BCUT2D eigenvalue weighted by Gasteiger charge is -2.31. The van der Waals surface area contributed by atoms with Crippen LogP contribution in [0.2, 0.25) is 0 Å². The minimum absolute atomic E-state index is 0.0143. The van der Waals surface area contributed by atoms with E-state index >= 15 is 0 Å². The van der Waals surface area contributed by atoms with E-state index in [4.69, 9.17) is 5.10 Å². The molecule has 0 bridgehead atoms. The second-order valence-corrected chi connectivity index (χ2v) is 14.6. The molecule has 51 heavy (non-hydrogen) atoms. The Balaban J connectivity index is 1.31. The van der Waals surface area contributed by atoms with Gasteiger partial charge in [-0.15, -0.1) is 0 Å². The average Bonchev–Trinajstić information content (AvgIpc) is 3.53. The Morgan fingerprint density at radius 2 is 1.55 bits per heavy atom. The Morgan fingerprint density at radius 1 is 0.863 bits per heavy atom. The molecule has 3 heterocycles. The van der Waals surface area contributed by atoms with Crippen molar-refractivity contribution in [3.63, 3.8) is 0 Å². The number of carbonyl (C=O) groups excluding carboxylic acids is 2. The van der Waals surface area contributed by atoms with Crippen LogP contribution in [0, 0.1) is 26.7 Å². The van der Waals surface area contributed by atoms with Crippen LogP contribution in [0.1, 0.15) is 78.1 Å². The van der Waals surface area contributed by atoms with Gasteiger partial charge in [0.15, 0.2) is 5.78 Å². The van der Waals surface area contributed by atoms with Gasteiger partial charge in [0.05, 0.1) is 17.3 Å². The normalized spacial score (nSPS) is 14.2. The Hall–Kier alpha value is -5.35. The number of aromatic nitrogens is 4. The number of hydrogen-bond acceptors (Lipinski definition) is 7. The fourth-order valence-corrected chi connectivity index (χ4v) is 6.68. The first-order chi connectivity index (χ1) is 24.4. The van der Waals surface area contributed by atoms with Crippen molar-refractivity contribution in [2.45, 2.75) is 65.7 Å². The van der Waals surface area contributed by atoms with Crippen molar-refractivity contribution < 1.29 is 9.59 Å². The number of benzene rings is 3. The summed E-state index contributed by atoms with van der Waals surface area (Å²) in [6.07, 6.45) is 1.69. The van der Waals surface area contributed by atoms with E-state index < -0.39 is 11.9 Å². The molecule has 1 unspecified atom stereocenters. The first-order valence-corrected chi connectivity index (χ1v) is 17.6. The minimum Gasteiger partial charge on any atom is -0.317 e. The van der Waals surface area contributed by atoms with E-state index in [2.05, 4.69) is 46.7 Å². The van der Waals surface area contributed by atoms with Gasteiger partial charge >= 0.3 is 6.03 Å². The van der Waals surface area contributed by atoms with Crippen molar-refractivity contribution in [1.29, 1.82) is 0 Å². The number of hydrogen-bond donors (Lipinski definition) is 3. The monoisotopic (exact) mass is 684 g/mol. The summed E-state index contributed by atoms with van der Waals surface area (Å²) >= 11 is 0. The van der Waals surface area contributed by atoms with Gasteiger partial charge in [-0.1, -0.05) is 68.8 Å². The van der Waals surface area contributed by atoms with Gasteiger partial charge in [0, 0.05) is 46.9 Å². The zero-order valence-electron chi connectivity index (χ0n) is 30.6. The SMILES string of the molecule is Cc1ccc(-n2nc(C(C)(C)C)cc2NC(=O)Nc2ccccc2C(C(=O)c2cccc(N(C)c3nc(C)cc(C)n3)c2)C2CCNCC2)cc1. The quantitative estimate of drug-likeness (QED) is 0.134. The van der Waals surface area contributed by atoms with E-state index in [9.17, 15) is 9.59 Å². The van der Waals surface area contributed by atoms with Crippen LogP contribution in [0.4, 0.5) is 27.9 Å². The molecule has 5 aromatic rings. The van der Waals surface area contributed by atoms with E-state index in [1.807, 2.05) is 118 Å². The number of piperidine rings is 1. The van der Waals surface area contributed by atoms with Gasteiger partial charge in [-0.3, -0.25) is 10.1 Å². The fraction of sp³-hybridized carbons (Fsp3) is 0.341. The number of para-hydroxylation sites is 1. The van der Waals surface area contributed by atoms with Crippen LogP contribution in [-0.4, -0.2) is 51.7 Å². The minimum atomic E-state index is -0.466. The Bertz CT molecular complexity index is 2000. The summed E-state index contributed by atoms with van der Waals surface area (Å²) in [7, 11) is 1.91. The van der Waals surface area contributed by atoms with Crippen molar-refractivity contribution in [3.8, 4) is 5.69 Å². The highest BCUT2D eigenvalue weighted by Gasteiger charge is 2.34. The zero-order valence-corrected chi connectivity index (χ0v) is 30.6. The maximum absolute atomic E-state index is 14.7. The van der Waals surface area contributed by atoms with Crippen molar-refractivity contribution >= 4 is 35.0 Å². The molecule has 1 fully saturated rings. The number of ketones is 1. The third kappa shape index (κ3) is 8.18. The van der Waals surface area contributed by atoms with Crippen LogP contribution in [0.5, 0.6) is 0 Å². The number of nitrogens with one attached hydrogen (secondary N) is 3. The molecule has 10 nitrogen and oxygen atoms in total. The predicted molar refractivity (Wildman–Crippen MR) is 205 cm³/mol. The second kappa shape index (κ2) is 14.9. The Labute approximate surface area is 300 Å². The van der Waals surface area contributed by atoms with E-state index in [0.29, 0.717) is 23.0 Å². The molecule has 1 saturated heterocycles. The number of Topliss-reactive ketones (excluding diaryl/α,β-unsaturated/α-hetero) is 1. The average molecular weight is 685 g/mol. The van der Waals surface area contributed by atoms with Gasteiger partial charge < -0.3 is 15.5 Å². The number of anilines is 4. The summed E-state index contributed by atoms with van der Waals surface area (Å²) in [5.41, 5.74) is 7.18. The molecular weight excluding hydrogens is 637 g/mol. The molecule has 3 aromatic carbocycles. The van der Waals surface area contributed by atoms with Gasteiger partial charge in [0.25, 0.3) is 0 Å². The van der Waals surface area contributed by atoms with Gasteiger partial charge in [-0.05, 0) is 94.6 Å². The molecule has 0 spiro atoms. The third-order valence-corrected chi connectivity index (χ3v) is 9.47. The number of aryl methyl sites for hydroxylation is 3. The summed E-state index contributed by atoms with van der Waals surface area (Å²) in [5, 5.41) is 14.5. The Kier molecular flexibility index (Phi) is 10.3. The number of carbonyl (C=O) groups is 2. The van der Waals surface area contributed by atoms with E-state index in [1.54, 1.807) is 4.68 Å². The largest absolute Gasteiger partial charge is 0.324 e. The van der Waals surface area contributed by atoms with Gasteiger partial charge in [0.1, 0.15) is 5.82 Å². The molecule has 264 valence electrons. The molecule has 2 amide bonds. The van der Waals surface area contributed by atoms with Crippen LogP contribution in [-0.2, 0) is 5.41 Å². The maximum atomic E-state index is 14.7. The summed E-state index contributed by atoms with van der Waals surface area (Å²) in [6, 6.07) is 26.8. The fourth-order valence-electron chi connectivity index (χ4n) is 6.68. The van der Waals surface area contributed by atoms with Crippen molar-refractivity contribution in [1.82, 2.24) is 25.1 Å². The molecular formula is C41H48N8O2. The molecule has 10 heteroatoms. The summed E-state index contributed by atoms with van der Waals surface area (Å²) < 4.78 is 1.76.